The molecule has 0 unspecified atom stereocenters. The normalized spacial score (nSPS) is 11.0. The molecule has 0 spiro atoms. The molecule has 1 aromatic carbocycles. The molecule has 7 heteroatoms. The van der Waals surface area contributed by atoms with Crippen molar-refractivity contribution in [3.8, 4) is 5.88 Å². The Labute approximate surface area is 106 Å². The van der Waals surface area contributed by atoms with Crippen LogP contribution in [-0.2, 0) is 0 Å². The van der Waals surface area contributed by atoms with Crippen LogP contribution in [0.25, 0.3) is 16.8 Å². The lowest BCUT2D eigenvalue weighted by Crippen LogP contribution is -2.22. The quantitative estimate of drug-likeness (QED) is 0.668. The van der Waals surface area contributed by atoms with Crippen molar-refractivity contribution in [2.45, 2.75) is 6.92 Å². The van der Waals surface area contributed by atoms with Crippen LogP contribution in [0.2, 0.25) is 5.02 Å². The molecule has 0 aliphatic rings. The van der Waals surface area contributed by atoms with E-state index in [1.165, 1.54) is 0 Å². The maximum Gasteiger partial charge on any atom is 0.285 e. The molecule has 0 radical (unpaired) electrons. The van der Waals surface area contributed by atoms with Gasteiger partial charge in [-0.25, -0.2) is 0 Å². The lowest BCUT2D eigenvalue weighted by molar-refractivity contribution is 0.387. The first-order valence-corrected chi connectivity index (χ1v) is 5.52. The topological polar surface area (TPSA) is 73.8 Å². The van der Waals surface area contributed by atoms with E-state index < -0.39 is 0 Å². The van der Waals surface area contributed by atoms with Crippen LogP contribution >= 0.6 is 11.6 Å². The van der Waals surface area contributed by atoms with E-state index >= 15 is 0 Å². The van der Waals surface area contributed by atoms with Gasteiger partial charge >= 0.3 is 0 Å². The van der Waals surface area contributed by atoms with Crippen LogP contribution in [0.1, 0.15) is 5.69 Å². The minimum absolute atomic E-state index is 0.229. The molecule has 2 aromatic heterocycles. The largest absolute Gasteiger partial charge is 0.336 e. The highest BCUT2D eigenvalue weighted by Crippen LogP contribution is 2.14. The molecule has 0 aliphatic carbocycles. The summed E-state index contributed by atoms with van der Waals surface area (Å²) < 4.78 is 6.04. The number of fused-ring (bicyclic) bond motifs is 1. The van der Waals surface area contributed by atoms with Crippen molar-refractivity contribution in [2.24, 2.45) is 0 Å². The van der Waals surface area contributed by atoms with E-state index in [1.807, 2.05) is 0 Å². The summed E-state index contributed by atoms with van der Waals surface area (Å²) >= 11 is 5.86. The summed E-state index contributed by atoms with van der Waals surface area (Å²) in [4.78, 5) is 12.2. The van der Waals surface area contributed by atoms with E-state index in [-0.39, 0.29) is 11.4 Å². The second kappa shape index (κ2) is 3.92. The van der Waals surface area contributed by atoms with Gasteiger partial charge < -0.3 is 4.52 Å². The predicted octanol–water partition coefficient (Wildman–Crippen LogP) is 1.73. The average Bonchev–Trinajstić information content (AvgIpc) is 2.77. The van der Waals surface area contributed by atoms with Crippen molar-refractivity contribution in [1.82, 2.24) is 20.2 Å². The number of aromatic nitrogens is 4. The molecule has 0 aliphatic heterocycles. The molecule has 6 nitrogen and oxygen atoms in total. The molecule has 0 amide bonds. The lowest BCUT2D eigenvalue weighted by Gasteiger charge is -2.00. The summed E-state index contributed by atoms with van der Waals surface area (Å²) in [6, 6.07) is 6.45. The molecular formula is C11H7ClN4O2. The monoisotopic (exact) mass is 262 g/mol. The fourth-order valence-corrected chi connectivity index (χ4v) is 1.78. The Morgan fingerprint density at radius 2 is 2.17 bits per heavy atom. The summed E-state index contributed by atoms with van der Waals surface area (Å²) in [6.07, 6.45) is 0. The zero-order valence-corrected chi connectivity index (χ0v) is 10.0. The molecule has 2 heterocycles. The van der Waals surface area contributed by atoms with Crippen molar-refractivity contribution in [1.29, 1.82) is 0 Å². The van der Waals surface area contributed by atoms with E-state index in [2.05, 4.69) is 15.5 Å². The maximum atomic E-state index is 12.2. The third-order valence-corrected chi connectivity index (χ3v) is 2.68. The second-order valence-corrected chi connectivity index (χ2v) is 4.21. The number of hydrogen-bond donors (Lipinski definition) is 0. The van der Waals surface area contributed by atoms with Crippen molar-refractivity contribution in [3.05, 3.63) is 45.3 Å². The van der Waals surface area contributed by atoms with Gasteiger partial charge in [0, 0.05) is 11.1 Å². The maximum absolute atomic E-state index is 12.2. The Balaban J connectivity index is 2.32. The van der Waals surface area contributed by atoms with E-state index in [1.54, 1.807) is 31.2 Å². The summed E-state index contributed by atoms with van der Waals surface area (Å²) in [7, 11) is 0. The molecular weight excluding hydrogens is 256 g/mol. The van der Waals surface area contributed by atoms with Crippen molar-refractivity contribution in [3.63, 3.8) is 0 Å². The fourth-order valence-electron chi connectivity index (χ4n) is 1.61. The van der Waals surface area contributed by atoms with E-state index in [0.29, 0.717) is 21.6 Å². The van der Waals surface area contributed by atoms with E-state index in [0.717, 1.165) is 4.68 Å². The van der Waals surface area contributed by atoms with Crippen LogP contribution in [0, 0.1) is 6.92 Å². The molecule has 0 N–H and O–H groups in total. The van der Waals surface area contributed by atoms with Gasteiger partial charge in [-0.3, -0.25) is 4.79 Å². The number of halogens is 1. The Kier molecular flexibility index (Phi) is 2.38. The minimum atomic E-state index is -0.348. The average molecular weight is 263 g/mol. The Bertz CT molecular complexity index is 793. The third kappa shape index (κ3) is 1.67. The molecule has 0 saturated heterocycles. The van der Waals surface area contributed by atoms with Gasteiger partial charge in [-0.15, -0.1) is 9.78 Å². The third-order valence-electron chi connectivity index (χ3n) is 2.45. The number of rotatable bonds is 1. The van der Waals surface area contributed by atoms with Gasteiger partial charge in [-0.1, -0.05) is 22.0 Å². The molecule has 0 saturated carbocycles. The standard InChI is InChI=1S/C11H7ClN4O2/c1-6-4-10(18-14-6)16-11(17)8-5-7(12)2-3-9(8)13-15-16/h2-5H,1H3. The number of nitrogens with zero attached hydrogens (tertiary/aromatic N) is 4. The van der Waals surface area contributed by atoms with Gasteiger partial charge in [0.15, 0.2) is 0 Å². The number of benzene rings is 1. The Morgan fingerprint density at radius 1 is 1.33 bits per heavy atom. The SMILES string of the molecule is Cc1cc(-n2nnc3ccc(Cl)cc3c2=O)on1. The summed E-state index contributed by atoms with van der Waals surface area (Å²) in [6.45, 7) is 1.75. The summed E-state index contributed by atoms with van der Waals surface area (Å²) in [5.41, 5.74) is 0.792. The highest BCUT2D eigenvalue weighted by Gasteiger charge is 2.11. The highest BCUT2D eigenvalue weighted by atomic mass is 35.5. The molecule has 0 fully saturated rings. The Hall–Kier alpha value is -2.21. The van der Waals surface area contributed by atoms with Gasteiger partial charge in [0.05, 0.1) is 11.1 Å². The zero-order valence-electron chi connectivity index (χ0n) is 9.29. The molecule has 3 rings (SSSR count). The number of hydrogen-bond acceptors (Lipinski definition) is 5. The Morgan fingerprint density at radius 3 is 2.89 bits per heavy atom. The smallest absolute Gasteiger partial charge is 0.285 e. The van der Waals surface area contributed by atoms with Crippen molar-refractivity contribution >= 4 is 22.5 Å². The van der Waals surface area contributed by atoms with Gasteiger partial charge in [0.25, 0.3) is 11.4 Å². The molecule has 18 heavy (non-hydrogen) atoms. The zero-order chi connectivity index (χ0) is 12.7. The van der Waals surface area contributed by atoms with E-state index in [4.69, 9.17) is 16.1 Å². The lowest BCUT2D eigenvalue weighted by atomic mass is 10.2. The fraction of sp³-hybridized carbons (Fsp3) is 0.0909. The van der Waals surface area contributed by atoms with Crippen LogP contribution in [0.4, 0.5) is 0 Å². The van der Waals surface area contributed by atoms with Crippen LogP contribution in [0.15, 0.2) is 33.6 Å². The van der Waals surface area contributed by atoms with Gasteiger partial charge in [-0.2, -0.15) is 0 Å². The first-order chi connectivity index (χ1) is 8.65. The minimum Gasteiger partial charge on any atom is -0.336 e. The van der Waals surface area contributed by atoms with E-state index in [9.17, 15) is 4.79 Å². The van der Waals surface area contributed by atoms with Crippen LogP contribution < -0.4 is 5.56 Å². The van der Waals surface area contributed by atoms with Crippen LogP contribution in [-0.4, -0.2) is 20.2 Å². The van der Waals surface area contributed by atoms with Crippen LogP contribution in [0.3, 0.4) is 0 Å². The van der Waals surface area contributed by atoms with Crippen molar-refractivity contribution in [2.75, 3.05) is 0 Å². The number of aryl methyl sites for hydroxylation is 1. The summed E-state index contributed by atoms with van der Waals surface area (Å²) in [5.74, 6) is 0.229. The molecule has 3 aromatic rings. The van der Waals surface area contributed by atoms with Crippen molar-refractivity contribution < 1.29 is 4.52 Å². The molecule has 90 valence electrons. The molecule has 0 bridgehead atoms. The summed E-state index contributed by atoms with van der Waals surface area (Å²) in [5, 5.41) is 12.3. The molecule has 0 atom stereocenters. The van der Waals surface area contributed by atoms with Crippen LogP contribution in [0.5, 0.6) is 0 Å². The van der Waals surface area contributed by atoms with Gasteiger partial charge in [0.2, 0.25) is 0 Å². The van der Waals surface area contributed by atoms with Gasteiger partial charge in [0.1, 0.15) is 5.52 Å². The first kappa shape index (κ1) is 10.9. The van der Waals surface area contributed by atoms with Gasteiger partial charge in [-0.05, 0) is 25.1 Å². The first-order valence-electron chi connectivity index (χ1n) is 5.14. The predicted molar refractivity (Wildman–Crippen MR) is 64.9 cm³/mol. The highest BCUT2D eigenvalue weighted by molar-refractivity contribution is 6.31. The second-order valence-electron chi connectivity index (χ2n) is 3.77.